The zero-order valence-electron chi connectivity index (χ0n) is 16.0. The lowest BCUT2D eigenvalue weighted by Gasteiger charge is -2.18. The number of aryl methyl sites for hydroxylation is 1. The van der Waals surface area contributed by atoms with Crippen molar-refractivity contribution in [3.05, 3.63) is 62.6 Å². The second-order valence-corrected chi connectivity index (χ2v) is 7.45. The van der Waals surface area contributed by atoms with Gasteiger partial charge in [-0.15, -0.1) is 11.8 Å². The Morgan fingerprint density at radius 1 is 1.21 bits per heavy atom. The molecule has 3 aromatic rings. The highest BCUT2D eigenvalue weighted by atomic mass is 32.2. The number of hydrogen-bond donors (Lipinski definition) is 3. The van der Waals surface area contributed by atoms with Crippen LogP contribution in [0.2, 0.25) is 0 Å². The van der Waals surface area contributed by atoms with E-state index in [1.807, 2.05) is 6.92 Å². The van der Waals surface area contributed by atoms with Gasteiger partial charge in [0.2, 0.25) is 0 Å². The number of benzene rings is 2. The smallest absolute Gasteiger partial charge is 0.326 e. The van der Waals surface area contributed by atoms with Gasteiger partial charge in [0.15, 0.2) is 0 Å². The van der Waals surface area contributed by atoms with Crippen molar-refractivity contribution in [2.24, 2.45) is 0 Å². The van der Waals surface area contributed by atoms with Crippen molar-refractivity contribution in [3.63, 3.8) is 0 Å². The van der Waals surface area contributed by atoms with Gasteiger partial charge in [0, 0.05) is 23.3 Å². The zero-order valence-corrected chi connectivity index (χ0v) is 16.8. The Kier molecular flexibility index (Phi) is 6.86. The second kappa shape index (κ2) is 9.36. The zero-order chi connectivity index (χ0) is 21.0. The maximum atomic E-state index is 13.4. The van der Waals surface area contributed by atoms with Crippen molar-refractivity contribution < 1.29 is 19.0 Å². The van der Waals surface area contributed by atoms with E-state index in [1.54, 1.807) is 18.2 Å². The van der Waals surface area contributed by atoms with Crippen LogP contribution in [0.15, 0.2) is 44.8 Å². The molecule has 2 aromatic carbocycles. The van der Waals surface area contributed by atoms with E-state index in [-0.39, 0.29) is 19.2 Å². The minimum absolute atomic E-state index is 0.0294. The number of aliphatic hydroxyl groups is 1. The normalized spacial score (nSPS) is 12.4. The van der Waals surface area contributed by atoms with E-state index in [4.69, 9.17) is 9.47 Å². The molecule has 1 aromatic heterocycles. The van der Waals surface area contributed by atoms with Gasteiger partial charge in [-0.05, 0) is 36.2 Å². The van der Waals surface area contributed by atoms with Crippen LogP contribution in [0.4, 0.5) is 4.39 Å². The van der Waals surface area contributed by atoms with E-state index in [9.17, 15) is 19.1 Å². The predicted octanol–water partition coefficient (Wildman–Crippen LogP) is 2.40. The number of fused-ring (bicyclic) bond motifs is 1. The molecule has 0 amide bonds. The highest BCUT2D eigenvalue weighted by Gasteiger charge is 2.19. The Bertz CT molecular complexity index is 1110. The van der Waals surface area contributed by atoms with Gasteiger partial charge in [-0.2, -0.15) is 0 Å². The van der Waals surface area contributed by atoms with Gasteiger partial charge in [0.1, 0.15) is 12.6 Å². The topological polar surface area (TPSA) is 104 Å². The third-order valence-corrected chi connectivity index (χ3v) is 5.60. The fourth-order valence-electron chi connectivity index (χ4n) is 3.02. The molecule has 0 saturated carbocycles. The standard InChI is InChI=1S/C20H21FN2O5S/c1-11-7-15-17(22-20(26)23-19(15)25)18(29-9-14(8-24)28-10-27-2)16(11)12-3-5-13(21)6-4-12/h3-7,14,24H,8-10H2,1-2H3,(H2,22,23,25,26)/t14-/m0/s1. The van der Waals surface area contributed by atoms with Crippen molar-refractivity contribution in [2.75, 3.05) is 26.3 Å². The number of rotatable bonds is 8. The molecule has 0 unspecified atom stereocenters. The lowest BCUT2D eigenvalue weighted by Crippen LogP contribution is -2.23. The summed E-state index contributed by atoms with van der Waals surface area (Å²) in [6.07, 6.45) is -0.509. The monoisotopic (exact) mass is 420 g/mol. The molecule has 0 radical (unpaired) electrons. The molecular formula is C20H21FN2O5S. The maximum Gasteiger partial charge on any atom is 0.326 e. The predicted molar refractivity (Wildman–Crippen MR) is 110 cm³/mol. The molecule has 0 aliphatic carbocycles. The van der Waals surface area contributed by atoms with E-state index in [1.165, 1.54) is 31.0 Å². The number of H-pyrrole nitrogens is 2. The number of aromatic amines is 2. The first-order valence-corrected chi connectivity index (χ1v) is 9.83. The van der Waals surface area contributed by atoms with Crippen molar-refractivity contribution in [1.82, 2.24) is 9.97 Å². The second-order valence-electron chi connectivity index (χ2n) is 6.42. The number of hydrogen-bond acceptors (Lipinski definition) is 6. The van der Waals surface area contributed by atoms with Crippen LogP contribution in [0.5, 0.6) is 0 Å². The quantitative estimate of drug-likeness (QED) is 0.382. The molecule has 0 aliphatic rings. The van der Waals surface area contributed by atoms with Crippen LogP contribution in [0.25, 0.3) is 22.0 Å². The molecule has 7 nitrogen and oxygen atoms in total. The van der Waals surface area contributed by atoms with Gasteiger partial charge < -0.3 is 19.6 Å². The van der Waals surface area contributed by atoms with E-state index in [0.29, 0.717) is 21.6 Å². The highest BCUT2D eigenvalue weighted by molar-refractivity contribution is 7.99. The van der Waals surface area contributed by atoms with Crippen molar-refractivity contribution in [3.8, 4) is 11.1 Å². The summed E-state index contributed by atoms with van der Waals surface area (Å²) in [7, 11) is 1.49. The largest absolute Gasteiger partial charge is 0.394 e. The summed E-state index contributed by atoms with van der Waals surface area (Å²) in [5.74, 6) is -0.0129. The molecule has 0 saturated heterocycles. The molecule has 0 bridgehead atoms. The highest BCUT2D eigenvalue weighted by Crippen LogP contribution is 2.38. The van der Waals surface area contributed by atoms with Crippen molar-refractivity contribution in [2.45, 2.75) is 17.9 Å². The molecule has 0 spiro atoms. The van der Waals surface area contributed by atoms with E-state index in [0.717, 1.165) is 16.7 Å². The van der Waals surface area contributed by atoms with Crippen LogP contribution >= 0.6 is 11.8 Å². The van der Waals surface area contributed by atoms with Crippen LogP contribution in [0.1, 0.15) is 5.56 Å². The molecule has 1 atom stereocenters. The Hall–Kier alpha value is -2.46. The summed E-state index contributed by atoms with van der Waals surface area (Å²) in [6.45, 7) is 1.66. The number of aromatic nitrogens is 2. The van der Waals surface area contributed by atoms with Crippen molar-refractivity contribution in [1.29, 1.82) is 0 Å². The van der Waals surface area contributed by atoms with Crippen LogP contribution in [0, 0.1) is 12.7 Å². The average Bonchev–Trinajstić information content (AvgIpc) is 2.69. The number of halogens is 1. The summed E-state index contributed by atoms with van der Waals surface area (Å²) in [6, 6.07) is 7.68. The Morgan fingerprint density at radius 2 is 1.93 bits per heavy atom. The van der Waals surface area contributed by atoms with Crippen molar-refractivity contribution >= 4 is 22.7 Å². The molecule has 0 fully saturated rings. The molecule has 9 heteroatoms. The Labute approximate surface area is 169 Å². The van der Waals surface area contributed by atoms with Gasteiger partial charge in [0.25, 0.3) is 5.56 Å². The van der Waals surface area contributed by atoms with Crippen LogP contribution < -0.4 is 11.2 Å². The lowest BCUT2D eigenvalue weighted by molar-refractivity contribution is -0.0780. The number of ether oxygens (including phenoxy) is 2. The van der Waals surface area contributed by atoms with Crippen LogP contribution in [-0.2, 0) is 9.47 Å². The third-order valence-electron chi connectivity index (χ3n) is 4.36. The summed E-state index contributed by atoms with van der Waals surface area (Å²) >= 11 is 1.33. The number of methoxy groups -OCH3 is 1. The van der Waals surface area contributed by atoms with Gasteiger partial charge >= 0.3 is 5.69 Å². The molecule has 0 aliphatic heterocycles. The fourth-order valence-corrected chi connectivity index (χ4v) is 4.30. The first-order valence-electron chi connectivity index (χ1n) is 8.84. The summed E-state index contributed by atoms with van der Waals surface area (Å²) in [4.78, 5) is 29.8. The van der Waals surface area contributed by atoms with E-state index < -0.39 is 17.4 Å². The number of nitrogens with one attached hydrogen (secondary N) is 2. The molecule has 1 heterocycles. The molecule has 154 valence electrons. The maximum absolute atomic E-state index is 13.4. The fraction of sp³-hybridized carbons (Fsp3) is 0.300. The summed E-state index contributed by atoms with van der Waals surface area (Å²) in [5, 5.41) is 9.90. The molecule has 29 heavy (non-hydrogen) atoms. The first kappa shape index (κ1) is 21.3. The minimum atomic E-state index is -0.618. The molecule has 3 rings (SSSR count). The van der Waals surface area contributed by atoms with Crippen LogP contribution in [0.3, 0.4) is 0 Å². The van der Waals surface area contributed by atoms with Gasteiger partial charge in [0.05, 0.1) is 23.6 Å². The van der Waals surface area contributed by atoms with E-state index >= 15 is 0 Å². The SMILES string of the molecule is COCO[C@@H](CO)CSc1c(-c2ccc(F)cc2)c(C)cc2c(=O)[nH]c(=O)[nH]c12. The van der Waals surface area contributed by atoms with Crippen LogP contribution in [-0.4, -0.2) is 47.4 Å². The number of aliphatic hydroxyl groups excluding tert-OH is 1. The van der Waals surface area contributed by atoms with E-state index in [2.05, 4.69) is 9.97 Å². The van der Waals surface area contributed by atoms with Gasteiger partial charge in [-0.3, -0.25) is 9.78 Å². The Morgan fingerprint density at radius 3 is 2.59 bits per heavy atom. The Balaban J connectivity index is 2.17. The van der Waals surface area contributed by atoms with Gasteiger partial charge in [-0.25, -0.2) is 9.18 Å². The third kappa shape index (κ3) is 4.76. The molecular weight excluding hydrogens is 399 g/mol. The summed E-state index contributed by atoms with van der Waals surface area (Å²) < 4.78 is 23.7. The van der Waals surface area contributed by atoms with Gasteiger partial charge in [-0.1, -0.05) is 12.1 Å². The average molecular weight is 420 g/mol. The lowest BCUT2D eigenvalue weighted by atomic mass is 9.98. The minimum Gasteiger partial charge on any atom is -0.394 e. The molecule has 3 N–H and O–H groups in total. The number of thioether (sulfide) groups is 1. The summed E-state index contributed by atoms with van der Waals surface area (Å²) in [5.41, 5.74) is 1.58. The first-order chi connectivity index (χ1) is 13.9.